The molecule has 1 aromatic heterocycles. The number of benzene rings is 1. The van der Waals surface area contributed by atoms with Crippen LogP contribution in [0, 0.1) is 0 Å². The molecule has 2 heterocycles. The first kappa shape index (κ1) is 17.9. The van der Waals surface area contributed by atoms with Crippen molar-refractivity contribution >= 4 is 29.6 Å². The van der Waals surface area contributed by atoms with Crippen LogP contribution in [0.15, 0.2) is 35.7 Å². The van der Waals surface area contributed by atoms with Crippen molar-refractivity contribution in [1.29, 1.82) is 0 Å². The summed E-state index contributed by atoms with van der Waals surface area (Å²) in [5.41, 5.74) is 2.72. The monoisotopic (exact) mass is 374 g/mol. The second-order valence-electron chi connectivity index (χ2n) is 5.97. The van der Waals surface area contributed by atoms with E-state index in [1.807, 2.05) is 0 Å². The molecule has 136 valence electrons. The molecule has 10 heteroatoms. The minimum atomic E-state index is -0.994. The van der Waals surface area contributed by atoms with Crippen molar-refractivity contribution in [2.24, 2.45) is 0 Å². The van der Waals surface area contributed by atoms with Gasteiger partial charge in [-0.3, -0.25) is 20.1 Å². The molecule has 1 aliphatic rings. The van der Waals surface area contributed by atoms with E-state index in [9.17, 15) is 14.4 Å². The van der Waals surface area contributed by atoms with Gasteiger partial charge in [-0.15, -0.1) is 0 Å². The van der Waals surface area contributed by atoms with Crippen molar-refractivity contribution in [2.45, 2.75) is 36.7 Å². The number of nitrogens with zero attached hydrogens (tertiary/aromatic N) is 3. The highest BCUT2D eigenvalue weighted by Gasteiger charge is 2.47. The molecule has 1 atom stereocenters. The molecular weight excluding hydrogens is 356 g/mol. The van der Waals surface area contributed by atoms with Gasteiger partial charge in [0.2, 0.25) is 0 Å². The summed E-state index contributed by atoms with van der Waals surface area (Å²) in [6.07, 6.45) is 1.87. The van der Waals surface area contributed by atoms with Gasteiger partial charge in [0, 0.05) is 11.3 Å². The summed E-state index contributed by atoms with van der Waals surface area (Å²) in [6, 6.07) is 6.26. The lowest BCUT2D eigenvalue weighted by atomic mass is 10.00. The van der Waals surface area contributed by atoms with Crippen LogP contribution in [0.5, 0.6) is 0 Å². The molecule has 0 spiro atoms. The third-order valence-electron chi connectivity index (χ3n) is 4.17. The van der Waals surface area contributed by atoms with Crippen LogP contribution in [-0.2, 0) is 10.5 Å². The molecule has 0 saturated carbocycles. The topological polar surface area (TPSA) is 120 Å². The minimum Gasteiger partial charge on any atom is -0.322 e. The molecule has 0 aliphatic carbocycles. The second kappa shape index (κ2) is 7.16. The molecular formula is C16H18N6O3S. The number of aromatic nitrogens is 3. The van der Waals surface area contributed by atoms with Crippen LogP contribution >= 0.6 is 11.8 Å². The van der Waals surface area contributed by atoms with Crippen molar-refractivity contribution in [1.82, 2.24) is 30.9 Å². The van der Waals surface area contributed by atoms with Gasteiger partial charge >= 0.3 is 6.03 Å². The van der Waals surface area contributed by atoms with E-state index >= 15 is 0 Å². The smallest absolute Gasteiger partial charge is 0.322 e. The molecule has 1 aliphatic heterocycles. The zero-order chi connectivity index (χ0) is 18.7. The third-order valence-corrected chi connectivity index (χ3v) is 5.11. The summed E-state index contributed by atoms with van der Waals surface area (Å²) in [7, 11) is 0. The van der Waals surface area contributed by atoms with Gasteiger partial charge in [0.05, 0.1) is 0 Å². The van der Waals surface area contributed by atoms with Crippen molar-refractivity contribution in [3.8, 4) is 0 Å². The van der Waals surface area contributed by atoms with Crippen molar-refractivity contribution in [3.05, 3.63) is 41.7 Å². The molecule has 3 rings (SSSR count). The second-order valence-corrected chi connectivity index (χ2v) is 6.94. The summed E-state index contributed by atoms with van der Waals surface area (Å²) >= 11 is 1.49. The van der Waals surface area contributed by atoms with Crippen LogP contribution < -0.4 is 10.7 Å². The number of amides is 4. The van der Waals surface area contributed by atoms with Crippen LogP contribution in [0.1, 0.15) is 36.2 Å². The number of H-pyrrole nitrogens is 1. The lowest BCUT2D eigenvalue weighted by molar-refractivity contribution is -0.132. The maximum atomic E-state index is 12.3. The number of hydrazine groups is 1. The quantitative estimate of drug-likeness (QED) is 0.520. The summed E-state index contributed by atoms with van der Waals surface area (Å²) in [4.78, 5) is 40.6. The maximum absolute atomic E-state index is 12.3. The fourth-order valence-corrected chi connectivity index (χ4v) is 3.09. The van der Waals surface area contributed by atoms with Crippen LogP contribution in [0.25, 0.3) is 0 Å². The molecule has 0 unspecified atom stereocenters. The Kier molecular flexibility index (Phi) is 4.94. The first-order chi connectivity index (χ1) is 12.4. The van der Waals surface area contributed by atoms with E-state index in [0.717, 1.165) is 10.6 Å². The Labute approximate surface area is 153 Å². The van der Waals surface area contributed by atoms with Crippen LogP contribution in [0.4, 0.5) is 4.79 Å². The molecule has 4 amide bonds. The molecule has 1 saturated heterocycles. The van der Waals surface area contributed by atoms with Gasteiger partial charge in [0.25, 0.3) is 11.8 Å². The highest BCUT2D eigenvalue weighted by atomic mass is 32.2. The molecule has 1 fully saturated rings. The van der Waals surface area contributed by atoms with Gasteiger partial charge in [0.15, 0.2) is 5.16 Å². The predicted molar refractivity (Wildman–Crippen MR) is 93.9 cm³/mol. The Morgan fingerprint density at radius 3 is 2.62 bits per heavy atom. The summed E-state index contributed by atoms with van der Waals surface area (Å²) in [6.45, 7) is 3.42. The molecule has 9 nitrogen and oxygen atoms in total. The fraction of sp³-hybridized carbons (Fsp3) is 0.312. The Morgan fingerprint density at radius 1 is 1.31 bits per heavy atom. The van der Waals surface area contributed by atoms with E-state index in [-0.39, 0.29) is 0 Å². The van der Waals surface area contributed by atoms with Gasteiger partial charge in [-0.2, -0.15) is 10.1 Å². The van der Waals surface area contributed by atoms with Crippen molar-refractivity contribution in [3.63, 3.8) is 0 Å². The number of aromatic amines is 1. The van der Waals surface area contributed by atoms with E-state index in [4.69, 9.17) is 0 Å². The number of carbonyl (C=O) groups excluding carboxylic acids is 3. The van der Waals surface area contributed by atoms with Gasteiger partial charge in [0.1, 0.15) is 11.9 Å². The molecule has 1 aromatic carbocycles. The number of urea groups is 1. The Morgan fingerprint density at radius 2 is 2.04 bits per heavy atom. The van der Waals surface area contributed by atoms with Crippen LogP contribution in [0.2, 0.25) is 0 Å². The predicted octanol–water partition coefficient (Wildman–Crippen LogP) is 1.46. The summed E-state index contributed by atoms with van der Waals surface area (Å²) < 4.78 is 0. The number of carbonyl (C=O) groups is 3. The number of imide groups is 1. The lowest BCUT2D eigenvalue weighted by Crippen LogP contribution is -2.48. The Balaban J connectivity index is 1.61. The summed E-state index contributed by atoms with van der Waals surface area (Å²) in [5.74, 6) is -0.333. The van der Waals surface area contributed by atoms with E-state index < -0.39 is 23.4 Å². The molecule has 2 aromatic rings. The van der Waals surface area contributed by atoms with Gasteiger partial charge in [-0.1, -0.05) is 30.8 Å². The SMILES string of the molecule is CC[C@@]1(C)NC(=O)N(NC(=O)c2ccc(CSc3ncn[nH]3)cc2)C1=O. The summed E-state index contributed by atoms with van der Waals surface area (Å²) in [5, 5.41) is 10.6. The normalized spacial score (nSPS) is 19.5. The fourth-order valence-electron chi connectivity index (χ4n) is 2.36. The van der Waals surface area contributed by atoms with E-state index in [1.165, 1.54) is 18.1 Å². The van der Waals surface area contributed by atoms with Crippen molar-refractivity contribution < 1.29 is 14.4 Å². The van der Waals surface area contributed by atoms with E-state index in [0.29, 0.717) is 22.9 Å². The third kappa shape index (κ3) is 3.54. The highest BCUT2D eigenvalue weighted by Crippen LogP contribution is 2.20. The number of hydrogen-bond acceptors (Lipinski definition) is 6. The molecule has 3 N–H and O–H groups in total. The number of rotatable bonds is 6. The first-order valence-corrected chi connectivity index (χ1v) is 8.96. The lowest BCUT2D eigenvalue weighted by Gasteiger charge is -2.19. The molecule has 26 heavy (non-hydrogen) atoms. The van der Waals surface area contributed by atoms with Crippen LogP contribution in [-0.4, -0.2) is 43.6 Å². The zero-order valence-corrected chi connectivity index (χ0v) is 15.1. The van der Waals surface area contributed by atoms with Crippen molar-refractivity contribution in [2.75, 3.05) is 0 Å². The standard InChI is InChI=1S/C16H18N6O3S/c1-3-16(2)13(24)22(15(25)19-16)21-12(23)11-6-4-10(5-7-11)8-26-14-17-9-18-20-14/h4-7,9H,3,8H2,1-2H3,(H,19,25)(H,21,23)(H,17,18,20)/t16-/m1/s1. The maximum Gasteiger partial charge on any atom is 0.344 e. The van der Waals surface area contributed by atoms with Gasteiger partial charge in [-0.05, 0) is 31.0 Å². The largest absolute Gasteiger partial charge is 0.344 e. The number of hydrogen-bond donors (Lipinski definition) is 3. The van der Waals surface area contributed by atoms with Crippen LogP contribution in [0.3, 0.4) is 0 Å². The number of thioether (sulfide) groups is 1. The first-order valence-electron chi connectivity index (χ1n) is 7.98. The molecule has 0 bridgehead atoms. The van der Waals surface area contributed by atoms with E-state index in [1.54, 1.807) is 38.1 Å². The Bertz CT molecular complexity index is 823. The highest BCUT2D eigenvalue weighted by molar-refractivity contribution is 7.98. The minimum absolute atomic E-state index is 0.351. The molecule has 0 radical (unpaired) electrons. The van der Waals surface area contributed by atoms with E-state index in [2.05, 4.69) is 25.9 Å². The zero-order valence-electron chi connectivity index (χ0n) is 14.3. The average Bonchev–Trinajstić information content (AvgIpc) is 3.23. The van der Waals surface area contributed by atoms with Gasteiger partial charge < -0.3 is 5.32 Å². The number of nitrogens with one attached hydrogen (secondary N) is 3. The average molecular weight is 374 g/mol. The van der Waals surface area contributed by atoms with Gasteiger partial charge in [-0.25, -0.2) is 9.78 Å². The Hall–Kier alpha value is -2.88.